The Bertz CT molecular complexity index is 1210. The second kappa shape index (κ2) is 7.77. The van der Waals surface area contributed by atoms with Gasteiger partial charge in [0, 0.05) is 47.1 Å². The van der Waals surface area contributed by atoms with Crippen LogP contribution in [-0.2, 0) is 27.9 Å². The molecule has 6 aliphatic rings. The lowest BCUT2D eigenvalue weighted by atomic mass is 9.35. The molecular weight excluding hydrogens is 466 g/mol. The van der Waals surface area contributed by atoms with Gasteiger partial charge in [-0.2, -0.15) is 0 Å². The van der Waals surface area contributed by atoms with E-state index in [1.807, 2.05) is 19.2 Å². The molecule has 1 saturated heterocycles. The van der Waals surface area contributed by atoms with Crippen LogP contribution in [0.25, 0.3) is 0 Å². The van der Waals surface area contributed by atoms with E-state index in [1.54, 1.807) is 12.5 Å². The summed E-state index contributed by atoms with van der Waals surface area (Å²) in [5, 5.41) is 11.0. The third-order valence-corrected chi connectivity index (χ3v) is 11.7. The van der Waals surface area contributed by atoms with Gasteiger partial charge in [-0.15, -0.1) is 0 Å². The maximum absolute atomic E-state index is 11.0. The minimum Gasteiger partial charge on any atom is -0.504 e. The molecule has 6 nitrogen and oxygen atoms in total. The van der Waals surface area contributed by atoms with Gasteiger partial charge in [0.15, 0.2) is 11.5 Å². The molecule has 0 amide bonds. The molecule has 3 heterocycles. The number of piperidine rings is 1. The molecule has 4 aliphatic carbocycles. The summed E-state index contributed by atoms with van der Waals surface area (Å²) in [4.78, 5) is 2.87. The van der Waals surface area contributed by atoms with Crippen molar-refractivity contribution in [1.29, 1.82) is 0 Å². The topological polar surface area (TPSA) is 64.3 Å². The summed E-state index contributed by atoms with van der Waals surface area (Å²) in [7, 11) is 1.86. The average Bonchev–Trinajstić information content (AvgIpc) is 3.42. The largest absolute Gasteiger partial charge is 0.504 e. The zero-order valence-electron chi connectivity index (χ0n) is 22.1. The summed E-state index contributed by atoms with van der Waals surface area (Å²) in [6, 6.07) is 6.54. The molecule has 1 aromatic heterocycles. The molecule has 3 unspecified atom stereocenters. The zero-order chi connectivity index (χ0) is 25.0. The van der Waals surface area contributed by atoms with Gasteiger partial charge in [-0.25, -0.2) is 0 Å². The smallest absolute Gasteiger partial charge is 0.165 e. The van der Waals surface area contributed by atoms with Crippen LogP contribution < -0.4 is 4.74 Å². The number of phenolic OH excluding ortho intramolecular Hbond substituents is 1. The van der Waals surface area contributed by atoms with Gasteiger partial charge in [-0.1, -0.05) is 13.0 Å². The number of ether oxygens (including phenoxy) is 3. The number of aromatic hydroxyl groups is 1. The fourth-order valence-corrected chi connectivity index (χ4v) is 9.96. The third-order valence-electron chi connectivity index (χ3n) is 11.7. The van der Waals surface area contributed by atoms with Gasteiger partial charge >= 0.3 is 0 Å². The molecule has 7 atom stereocenters. The van der Waals surface area contributed by atoms with Crippen LogP contribution in [0.5, 0.6) is 11.5 Å². The third kappa shape index (κ3) is 2.82. The van der Waals surface area contributed by atoms with Crippen molar-refractivity contribution < 1.29 is 23.7 Å². The summed E-state index contributed by atoms with van der Waals surface area (Å²) in [5.41, 5.74) is 3.65. The number of benzene rings is 1. The molecule has 3 saturated carbocycles. The predicted molar refractivity (Wildman–Crippen MR) is 138 cm³/mol. The van der Waals surface area contributed by atoms with E-state index < -0.39 is 0 Å². The molecule has 1 aromatic carbocycles. The molecule has 6 heteroatoms. The molecular formula is C31H39NO5. The average molecular weight is 506 g/mol. The predicted octanol–water partition coefficient (Wildman–Crippen LogP) is 5.06. The van der Waals surface area contributed by atoms with Crippen LogP contribution in [0, 0.1) is 22.7 Å². The minimum absolute atomic E-state index is 0.0892. The number of hydrogen-bond acceptors (Lipinski definition) is 6. The fourth-order valence-electron chi connectivity index (χ4n) is 9.96. The summed E-state index contributed by atoms with van der Waals surface area (Å²) in [6.07, 6.45) is 11.7. The molecule has 8 rings (SSSR count). The van der Waals surface area contributed by atoms with Crippen molar-refractivity contribution in [2.45, 2.75) is 82.1 Å². The zero-order valence-corrected chi connectivity index (χ0v) is 22.1. The second-order valence-corrected chi connectivity index (χ2v) is 13.2. The first-order valence-electron chi connectivity index (χ1n) is 14.4. The van der Waals surface area contributed by atoms with E-state index in [2.05, 4.69) is 17.9 Å². The number of hydrogen-bond donors (Lipinski definition) is 1. The molecule has 37 heavy (non-hydrogen) atoms. The molecule has 198 valence electrons. The molecule has 2 aromatic rings. The fraction of sp³-hybridized carbons (Fsp3) is 0.677. The van der Waals surface area contributed by atoms with E-state index in [0.717, 1.165) is 43.0 Å². The monoisotopic (exact) mass is 505 g/mol. The Labute approximate surface area is 219 Å². The first-order valence-corrected chi connectivity index (χ1v) is 14.4. The van der Waals surface area contributed by atoms with Crippen molar-refractivity contribution in [1.82, 2.24) is 4.90 Å². The SMILES string of the molecule is COC1[C@@H]2Oc3c(O)ccc4c3C23CCN(CC2CC2)[C@H](C4)[C@]32CCC(C)[C@@]1(COCc1ccoc1)C2. The number of fused-ring (bicyclic) bond motifs is 1. The normalized spacial score (nSPS) is 41.4. The summed E-state index contributed by atoms with van der Waals surface area (Å²) in [6.45, 7) is 5.96. The van der Waals surface area contributed by atoms with Gasteiger partial charge in [-0.05, 0) is 81.0 Å². The van der Waals surface area contributed by atoms with E-state index in [-0.39, 0.29) is 28.5 Å². The molecule has 4 fully saturated rings. The Hall–Kier alpha value is -2.02. The van der Waals surface area contributed by atoms with Crippen molar-refractivity contribution in [3.05, 3.63) is 47.4 Å². The number of furan rings is 1. The Morgan fingerprint density at radius 2 is 2.05 bits per heavy atom. The van der Waals surface area contributed by atoms with Crippen LogP contribution in [0.2, 0.25) is 0 Å². The summed E-state index contributed by atoms with van der Waals surface area (Å²) >= 11 is 0. The number of methoxy groups -OCH3 is 1. The maximum atomic E-state index is 11.0. The van der Waals surface area contributed by atoms with Crippen molar-refractivity contribution in [2.24, 2.45) is 22.7 Å². The first kappa shape index (κ1) is 22.9. The van der Waals surface area contributed by atoms with Crippen LogP contribution in [0.3, 0.4) is 0 Å². The Morgan fingerprint density at radius 3 is 2.84 bits per heavy atom. The quantitative estimate of drug-likeness (QED) is 0.567. The van der Waals surface area contributed by atoms with E-state index in [4.69, 9.17) is 18.6 Å². The van der Waals surface area contributed by atoms with Gasteiger partial charge < -0.3 is 23.7 Å². The van der Waals surface area contributed by atoms with E-state index in [9.17, 15) is 5.11 Å². The van der Waals surface area contributed by atoms with Crippen molar-refractivity contribution >= 4 is 0 Å². The highest BCUT2D eigenvalue weighted by Gasteiger charge is 2.78. The Balaban J connectivity index is 1.27. The number of likely N-dealkylation sites (tertiary alicyclic amines) is 1. The minimum atomic E-state index is -0.138. The number of phenols is 1. The lowest BCUT2D eigenvalue weighted by Gasteiger charge is -2.73. The van der Waals surface area contributed by atoms with Crippen LogP contribution in [-0.4, -0.2) is 55.1 Å². The van der Waals surface area contributed by atoms with Crippen LogP contribution in [0.1, 0.15) is 62.1 Å². The Kier molecular flexibility index (Phi) is 4.81. The van der Waals surface area contributed by atoms with Crippen molar-refractivity contribution in [3.8, 4) is 11.5 Å². The van der Waals surface area contributed by atoms with Gasteiger partial charge in [0.1, 0.15) is 12.2 Å². The van der Waals surface area contributed by atoms with Crippen molar-refractivity contribution in [2.75, 3.05) is 26.8 Å². The van der Waals surface area contributed by atoms with Gasteiger partial charge in [-0.3, -0.25) is 4.90 Å². The van der Waals surface area contributed by atoms with Crippen molar-refractivity contribution in [3.63, 3.8) is 0 Å². The molecule has 4 bridgehead atoms. The van der Waals surface area contributed by atoms with E-state index >= 15 is 0 Å². The molecule has 2 spiro atoms. The second-order valence-electron chi connectivity index (χ2n) is 13.2. The van der Waals surface area contributed by atoms with E-state index in [1.165, 1.54) is 43.4 Å². The summed E-state index contributed by atoms with van der Waals surface area (Å²) < 4.78 is 25.2. The highest BCUT2D eigenvalue weighted by molar-refractivity contribution is 5.62. The van der Waals surface area contributed by atoms with Crippen LogP contribution in [0.15, 0.2) is 35.1 Å². The lowest BCUT2D eigenvalue weighted by Crippen LogP contribution is -2.79. The maximum Gasteiger partial charge on any atom is 0.165 e. The molecule has 1 N–H and O–H groups in total. The molecule has 2 aliphatic heterocycles. The standard InChI is InChI=1S/C31H39NO5/c1-19-7-9-30-17-29(19,18-36-16-21-8-12-35-15-21)27(34-2)28-31(30)10-11-32(14-20-3-4-20)24(30)13-22-5-6-23(33)26(37-28)25(22)31/h5-6,8,12,15,19-20,24,27-28,33H,3-4,7,9-11,13-14,16-18H2,1-2H3/t19?,24-,27?,28+,29+,30-,31?/m1/s1. The number of nitrogens with zero attached hydrogens (tertiary/aromatic N) is 1. The van der Waals surface area contributed by atoms with Gasteiger partial charge in [0.25, 0.3) is 0 Å². The Morgan fingerprint density at radius 1 is 1.16 bits per heavy atom. The van der Waals surface area contributed by atoms with Gasteiger partial charge in [0.2, 0.25) is 0 Å². The number of rotatable bonds is 7. The molecule has 0 radical (unpaired) electrons. The van der Waals surface area contributed by atoms with Gasteiger partial charge in [0.05, 0.1) is 25.7 Å². The summed E-state index contributed by atoms with van der Waals surface area (Å²) in [5.74, 6) is 2.37. The highest BCUT2D eigenvalue weighted by atomic mass is 16.5. The lowest BCUT2D eigenvalue weighted by molar-refractivity contribution is -0.266. The first-order chi connectivity index (χ1) is 18.0. The van der Waals surface area contributed by atoms with Crippen LogP contribution in [0.4, 0.5) is 0 Å². The highest BCUT2D eigenvalue weighted by Crippen LogP contribution is 2.76. The van der Waals surface area contributed by atoms with Crippen LogP contribution >= 0.6 is 0 Å². The van der Waals surface area contributed by atoms with E-state index in [0.29, 0.717) is 30.9 Å².